The number of likely N-dealkylation sites (N-methyl/N-ethyl adjacent to an activating group) is 1. The molecule has 2 aromatic rings. The van der Waals surface area contributed by atoms with Crippen LogP contribution in [0, 0.1) is 0 Å². The molecule has 0 saturated carbocycles. The van der Waals surface area contributed by atoms with Crippen LogP contribution in [0.5, 0.6) is 0 Å². The molecule has 1 unspecified atom stereocenters. The maximum absolute atomic E-state index is 2.30. The summed E-state index contributed by atoms with van der Waals surface area (Å²) in [5.74, 6) is 0.535. The molecule has 114 valence electrons. The molecule has 1 atom stereocenters. The summed E-state index contributed by atoms with van der Waals surface area (Å²) >= 11 is 0. The predicted molar refractivity (Wildman–Crippen MR) is 95.0 cm³/mol. The molecule has 3 rings (SSSR count). The standard InChI is InChI=1S/C21H25N/c1-22(2)16-19-14-9-15-20(17-10-5-3-6-11-17)21(19)18-12-7-4-8-13-18/h3-8,10-13,20H,9,14-16H2,1-2H3. The van der Waals surface area contributed by atoms with E-state index in [0.717, 1.165) is 6.54 Å². The van der Waals surface area contributed by atoms with Gasteiger partial charge in [-0.1, -0.05) is 66.2 Å². The topological polar surface area (TPSA) is 3.24 Å². The van der Waals surface area contributed by atoms with Crippen molar-refractivity contribution in [2.45, 2.75) is 25.2 Å². The Morgan fingerprint density at radius 1 is 0.909 bits per heavy atom. The summed E-state index contributed by atoms with van der Waals surface area (Å²) in [6.45, 7) is 1.06. The van der Waals surface area contributed by atoms with Gasteiger partial charge in [0, 0.05) is 12.5 Å². The van der Waals surface area contributed by atoms with E-state index in [1.165, 1.54) is 30.4 Å². The zero-order valence-electron chi connectivity index (χ0n) is 13.6. The Balaban J connectivity index is 2.08. The highest BCUT2D eigenvalue weighted by atomic mass is 15.0. The molecule has 0 heterocycles. The average Bonchev–Trinajstić information content (AvgIpc) is 2.56. The number of hydrogen-bond donors (Lipinski definition) is 0. The summed E-state index contributed by atoms with van der Waals surface area (Å²) in [6, 6.07) is 22.0. The molecule has 0 bridgehead atoms. The zero-order chi connectivity index (χ0) is 15.4. The van der Waals surface area contributed by atoms with Crippen LogP contribution < -0.4 is 0 Å². The monoisotopic (exact) mass is 291 g/mol. The fraction of sp³-hybridized carbons (Fsp3) is 0.333. The molecular weight excluding hydrogens is 266 g/mol. The van der Waals surface area contributed by atoms with Crippen molar-refractivity contribution in [2.75, 3.05) is 20.6 Å². The Bertz CT molecular complexity index is 625. The van der Waals surface area contributed by atoms with E-state index in [0.29, 0.717) is 5.92 Å². The van der Waals surface area contributed by atoms with Gasteiger partial charge in [-0.05, 0) is 50.1 Å². The number of rotatable bonds is 4. The van der Waals surface area contributed by atoms with E-state index < -0.39 is 0 Å². The number of nitrogens with zero attached hydrogens (tertiary/aromatic N) is 1. The van der Waals surface area contributed by atoms with Gasteiger partial charge in [0.1, 0.15) is 0 Å². The van der Waals surface area contributed by atoms with Crippen molar-refractivity contribution in [3.63, 3.8) is 0 Å². The molecule has 0 aromatic heterocycles. The second-order valence-electron chi connectivity index (χ2n) is 6.48. The maximum atomic E-state index is 2.30. The van der Waals surface area contributed by atoms with E-state index in [9.17, 15) is 0 Å². The lowest BCUT2D eigenvalue weighted by Gasteiger charge is -2.31. The highest BCUT2D eigenvalue weighted by molar-refractivity contribution is 5.75. The summed E-state index contributed by atoms with van der Waals surface area (Å²) in [7, 11) is 4.34. The Kier molecular flexibility index (Phi) is 4.74. The van der Waals surface area contributed by atoms with Crippen LogP contribution in [0.1, 0.15) is 36.3 Å². The van der Waals surface area contributed by atoms with Crippen LogP contribution in [0.2, 0.25) is 0 Å². The van der Waals surface area contributed by atoms with Gasteiger partial charge in [-0.2, -0.15) is 0 Å². The van der Waals surface area contributed by atoms with Crippen LogP contribution >= 0.6 is 0 Å². The fourth-order valence-corrected chi connectivity index (χ4v) is 3.63. The SMILES string of the molecule is CN(C)CC1=C(c2ccccc2)C(c2ccccc2)CCC1. The van der Waals surface area contributed by atoms with Gasteiger partial charge in [0.25, 0.3) is 0 Å². The minimum atomic E-state index is 0.535. The molecule has 22 heavy (non-hydrogen) atoms. The predicted octanol–water partition coefficient (Wildman–Crippen LogP) is 4.97. The van der Waals surface area contributed by atoms with Crippen LogP contribution in [0.15, 0.2) is 66.2 Å². The van der Waals surface area contributed by atoms with Gasteiger partial charge in [-0.25, -0.2) is 0 Å². The van der Waals surface area contributed by atoms with E-state index >= 15 is 0 Å². The Hall–Kier alpha value is -1.86. The third-order valence-electron chi connectivity index (χ3n) is 4.49. The van der Waals surface area contributed by atoms with E-state index in [4.69, 9.17) is 0 Å². The van der Waals surface area contributed by atoms with Crippen molar-refractivity contribution in [2.24, 2.45) is 0 Å². The van der Waals surface area contributed by atoms with E-state index in [1.54, 1.807) is 11.1 Å². The first-order chi connectivity index (χ1) is 10.8. The van der Waals surface area contributed by atoms with Crippen LogP contribution in [0.25, 0.3) is 5.57 Å². The molecular formula is C21H25N. The maximum Gasteiger partial charge on any atom is 0.0193 e. The fourth-order valence-electron chi connectivity index (χ4n) is 3.63. The Labute approximate surface area is 134 Å². The summed E-state index contributed by atoms with van der Waals surface area (Å²) in [5.41, 5.74) is 6.02. The van der Waals surface area contributed by atoms with Gasteiger partial charge in [-0.15, -0.1) is 0 Å². The molecule has 0 fully saturated rings. The van der Waals surface area contributed by atoms with Crippen molar-refractivity contribution in [3.8, 4) is 0 Å². The van der Waals surface area contributed by atoms with E-state index in [2.05, 4.69) is 79.7 Å². The number of benzene rings is 2. The normalized spacial score (nSPS) is 18.8. The largest absolute Gasteiger partial charge is 0.305 e. The Morgan fingerprint density at radius 3 is 2.18 bits per heavy atom. The molecule has 0 saturated heterocycles. The number of hydrogen-bond acceptors (Lipinski definition) is 1. The van der Waals surface area contributed by atoms with Crippen molar-refractivity contribution < 1.29 is 0 Å². The van der Waals surface area contributed by atoms with Crippen molar-refractivity contribution >= 4 is 5.57 Å². The Morgan fingerprint density at radius 2 is 1.55 bits per heavy atom. The number of allylic oxidation sites excluding steroid dienone is 1. The second kappa shape index (κ2) is 6.93. The quantitative estimate of drug-likeness (QED) is 0.768. The second-order valence-corrected chi connectivity index (χ2v) is 6.48. The molecule has 0 aliphatic heterocycles. The third kappa shape index (κ3) is 3.31. The van der Waals surface area contributed by atoms with Crippen LogP contribution in [-0.2, 0) is 0 Å². The first-order valence-electron chi connectivity index (χ1n) is 8.22. The van der Waals surface area contributed by atoms with Crippen molar-refractivity contribution in [1.82, 2.24) is 4.90 Å². The highest BCUT2D eigenvalue weighted by Gasteiger charge is 2.25. The van der Waals surface area contributed by atoms with Gasteiger partial charge in [-0.3, -0.25) is 0 Å². The minimum Gasteiger partial charge on any atom is -0.305 e. The molecule has 0 spiro atoms. The highest BCUT2D eigenvalue weighted by Crippen LogP contribution is 2.43. The molecule has 1 aliphatic rings. The van der Waals surface area contributed by atoms with E-state index in [1.807, 2.05) is 0 Å². The smallest absolute Gasteiger partial charge is 0.0193 e. The van der Waals surface area contributed by atoms with Crippen LogP contribution in [0.4, 0.5) is 0 Å². The lowest BCUT2D eigenvalue weighted by molar-refractivity contribution is 0.432. The molecule has 1 heteroatoms. The first-order valence-corrected chi connectivity index (χ1v) is 8.22. The summed E-state index contributed by atoms with van der Waals surface area (Å²) in [4.78, 5) is 2.30. The molecule has 0 N–H and O–H groups in total. The van der Waals surface area contributed by atoms with Gasteiger partial charge in [0.2, 0.25) is 0 Å². The average molecular weight is 291 g/mol. The molecule has 1 aliphatic carbocycles. The van der Waals surface area contributed by atoms with Crippen LogP contribution in [-0.4, -0.2) is 25.5 Å². The summed E-state index contributed by atoms with van der Waals surface area (Å²) in [5, 5.41) is 0. The van der Waals surface area contributed by atoms with Gasteiger partial charge in [0.05, 0.1) is 0 Å². The molecule has 1 nitrogen and oxygen atoms in total. The van der Waals surface area contributed by atoms with Gasteiger partial charge < -0.3 is 4.90 Å². The summed E-state index contributed by atoms with van der Waals surface area (Å²) < 4.78 is 0. The van der Waals surface area contributed by atoms with Crippen LogP contribution in [0.3, 0.4) is 0 Å². The van der Waals surface area contributed by atoms with E-state index in [-0.39, 0.29) is 0 Å². The van der Waals surface area contributed by atoms with Crippen molar-refractivity contribution in [3.05, 3.63) is 77.4 Å². The van der Waals surface area contributed by atoms with Crippen molar-refractivity contribution in [1.29, 1.82) is 0 Å². The molecule has 0 radical (unpaired) electrons. The molecule has 2 aromatic carbocycles. The van der Waals surface area contributed by atoms with Gasteiger partial charge in [0.15, 0.2) is 0 Å². The lowest BCUT2D eigenvalue weighted by Crippen LogP contribution is -2.20. The molecule has 0 amide bonds. The zero-order valence-corrected chi connectivity index (χ0v) is 13.6. The minimum absolute atomic E-state index is 0.535. The first kappa shape index (κ1) is 15.1. The summed E-state index contributed by atoms with van der Waals surface area (Å²) in [6.07, 6.45) is 3.77. The third-order valence-corrected chi connectivity index (χ3v) is 4.49. The van der Waals surface area contributed by atoms with Gasteiger partial charge >= 0.3 is 0 Å². The lowest BCUT2D eigenvalue weighted by atomic mass is 9.76.